The van der Waals surface area contributed by atoms with Gasteiger partial charge < -0.3 is 36.3 Å². The number of nitrogens with one attached hydrogen (secondary N) is 4. The zero-order valence-corrected chi connectivity index (χ0v) is 22.0. The number of nitrogens with two attached hydrogens (primary N) is 1. The fourth-order valence-electron chi connectivity index (χ4n) is 5.00. The van der Waals surface area contributed by atoms with Crippen LogP contribution in [0.5, 0.6) is 0 Å². The fourth-order valence-corrected chi connectivity index (χ4v) is 5.00. The van der Waals surface area contributed by atoms with Crippen LogP contribution in [0.1, 0.15) is 37.9 Å². The van der Waals surface area contributed by atoms with E-state index in [4.69, 9.17) is 5.73 Å². The SMILES string of the molecule is CC(C)C(NC(=O)C(Cc1cnc[nH]1)NC(=O)C1CCCN1C(=O)C(N)Cc1c[nH]c2ccccc12)C(=O)O. The number of aliphatic carboxylic acids is 1. The summed E-state index contributed by atoms with van der Waals surface area (Å²) >= 11 is 0. The first-order valence-electron chi connectivity index (χ1n) is 13.1. The molecule has 1 aromatic carbocycles. The number of carboxylic acids is 1. The second-order valence-corrected chi connectivity index (χ2v) is 10.3. The van der Waals surface area contributed by atoms with Gasteiger partial charge in [0.1, 0.15) is 18.1 Å². The minimum Gasteiger partial charge on any atom is -0.480 e. The number of hydrogen-bond acceptors (Lipinski definition) is 6. The fraction of sp³-hybridized carbons (Fsp3) is 0.444. The highest BCUT2D eigenvalue weighted by atomic mass is 16.4. The Morgan fingerprint density at radius 1 is 1.15 bits per heavy atom. The van der Waals surface area contributed by atoms with E-state index < -0.39 is 42.0 Å². The summed E-state index contributed by atoms with van der Waals surface area (Å²) in [5.41, 5.74) is 8.79. The number of amides is 3. The van der Waals surface area contributed by atoms with Gasteiger partial charge in [0, 0.05) is 42.0 Å². The van der Waals surface area contributed by atoms with Crippen LogP contribution in [0, 0.1) is 5.92 Å². The Morgan fingerprint density at radius 2 is 1.92 bits per heavy atom. The lowest BCUT2D eigenvalue weighted by molar-refractivity contribution is -0.144. The second kappa shape index (κ2) is 12.1. The van der Waals surface area contributed by atoms with Crippen molar-refractivity contribution in [1.29, 1.82) is 0 Å². The number of hydrogen-bond donors (Lipinski definition) is 6. The summed E-state index contributed by atoms with van der Waals surface area (Å²) in [5, 5.41) is 15.8. The zero-order chi connectivity index (χ0) is 28.1. The van der Waals surface area contributed by atoms with Crippen LogP contribution in [0.15, 0.2) is 43.0 Å². The molecule has 3 amide bonds. The lowest BCUT2D eigenvalue weighted by Crippen LogP contribution is -2.57. The van der Waals surface area contributed by atoms with Gasteiger partial charge in [0.2, 0.25) is 17.7 Å². The molecule has 4 unspecified atom stereocenters. The molecule has 1 saturated heterocycles. The molecule has 4 atom stereocenters. The third kappa shape index (κ3) is 6.45. The molecule has 3 heterocycles. The summed E-state index contributed by atoms with van der Waals surface area (Å²) in [6, 6.07) is 3.93. The molecule has 1 aliphatic heterocycles. The molecule has 0 saturated carbocycles. The molecule has 0 bridgehead atoms. The van der Waals surface area contributed by atoms with E-state index in [0.29, 0.717) is 31.5 Å². The van der Waals surface area contributed by atoms with Crippen LogP contribution < -0.4 is 16.4 Å². The van der Waals surface area contributed by atoms with Gasteiger partial charge in [-0.1, -0.05) is 32.0 Å². The van der Waals surface area contributed by atoms with Gasteiger partial charge in [0.15, 0.2) is 0 Å². The van der Waals surface area contributed by atoms with Crippen molar-refractivity contribution in [2.24, 2.45) is 11.7 Å². The van der Waals surface area contributed by atoms with E-state index in [2.05, 4.69) is 25.6 Å². The highest BCUT2D eigenvalue weighted by Crippen LogP contribution is 2.22. The number of para-hydroxylation sites is 1. The van der Waals surface area contributed by atoms with Gasteiger partial charge in [0.05, 0.1) is 12.4 Å². The number of aromatic nitrogens is 3. The maximum atomic E-state index is 13.4. The molecule has 0 spiro atoms. The van der Waals surface area contributed by atoms with Crippen molar-refractivity contribution in [3.8, 4) is 0 Å². The molecular formula is C27H35N7O5. The molecule has 1 aliphatic rings. The third-order valence-corrected chi connectivity index (χ3v) is 7.11. The van der Waals surface area contributed by atoms with E-state index >= 15 is 0 Å². The number of H-pyrrole nitrogens is 2. The lowest BCUT2D eigenvalue weighted by Gasteiger charge is -2.29. The average Bonchev–Trinajstić information content (AvgIpc) is 3.67. The van der Waals surface area contributed by atoms with E-state index in [1.54, 1.807) is 13.8 Å². The predicted molar refractivity (Wildman–Crippen MR) is 143 cm³/mol. The summed E-state index contributed by atoms with van der Waals surface area (Å²) in [7, 11) is 0. The number of carbonyl (C=O) groups excluding carboxylic acids is 3. The number of carbonyl (C=O) groups is 4. The van der Waals surface area contributed by atoms with E-state index in [-0.39, 0.29) is 18.2 Å². The quantitative estimate of drug-likeness (QED) is 0.208. The van der Waals surface area contributed by atoms with E-state index in [9.17, 15) is 24.3 Å². The molecule has 3 aromatic rings. The van der Waals surface area contributed by atoms with Crippen LogP contribution in [0.4, 0.5) is 0 Å². The van der Waals surface area contributed by atoms with Crippen molar-refractivity contribution in [3.63, 3.8) is 0 Å². The van der Waals surface area contributed by atoms with Crippen LogP contribution >= 0.6 is 0 Å². The largest absolute Gasteiger partial charge is 0.480 e. The van der Waals surface area contributed by atoms with Gasteiger partial charge >= 0.3 is 5.97 Å². The molecule has 0 aliphatic carbocycles. The number of rotatable bonds is 11. The van der Waals surface area contributed by atoms with Gasteiger partial charge in [0.25, 0.3) is 0 Å². The van der Waals surface area contributed by atoms with Crippen molar-refractivity contribution in [2.45, 2.75) is 63.7 Å². The first-order valence-corrected chi connectivity index (χ1v) is 13.1. The Labute approximate surface area is 225 Å². The van der Waals surface area contributed by atoms with Crippen LogP contribution in [0.2, 0.25) is 0 Å². The average molecular weight is 538 g/mol. The van der Waals surface area contributed by atoms with Gasteiger partial charge in [-0.25, -0.2) is 9.78 Å². The number of fused-ring (bicyclic) bond motifs is 1. The summed E-state index contributed by atoms with van der Waals surface area (Å²) in [4.78, 5) is 63.0. The number of carboxylic acid groups (broad SMARTS) is 1. The van der Waals surface area contributed by atoms with Crippen LogP contribution in [-0.2, 0) is 32.0 Å². The predicted octanol–water partition coefficient (Wildman–Crippen LogP) is 0.705. The summed E-state index contributed by atoms with van der Waals surface area (Å²) < 4.78 is 0. The first-order chi connectivity index (χ1) is 18.7. The summed E-state index contributed by atoms with van der Waals surface area (Å²) in [6.07, 6.45) is 6.25. The Balaban J connectivity index is 1.45. The topological polar surface area (TPSA) is 186 Å². The first kappa shape index (κ1) is 27.8. The minimum absolute atomic E-state index is 0.0722. The van der Waals surface area contributed by atoms with E-state index in [1.807, 2.05) is 30.5 Å². The molecular weight excluding hydrogens is 502 g/mol. The number of benzene rings is 1. The molecule has 208 valence electrons. The summed E-state index contributed by atoms with van der Waals surface area (Å²) in [5.74, 6) is -2.99. The number of nitrogens with zero attached hydrogens (tertiary/aromatic N) is 2. The van der Waals surface area contributed by atoms with Crippen molar-refractivity contribution in [3.05, 3.63) is 54.2 Å². The molecule has 0 radical (unpaired) electrons. The number of aromatic amines is 2. The highest BCUT2D eigenvalue weighted by Gasteiger charge is 2.38. The number of likely N-dealkylation sites (tertiary alicyclic amines) is 1. The standard InChI is InChI=1S/C27H35N7O5/c1-15(2)23(27(38)39)33-24(35)21(11-17-13-29-14-31-17)32-25(36)22-8-5-9-34(22)26(37)19(28)10-16-12-30-20-7-4-3-6-18(16)20/h3-4,6-7,12-15,19,21-23,30H,5,8-11,28H2,1-2H3,(H,29,31)(H,32,36)(H,33,35)(H,38,39). The van der Waals surface area contributed by atoms with E-state index in [1.165, 1.54) is 17.4 Å². The second-order valence-electron chi connectivity index (χ2n) is 10.3. The molecule has 12 nitrogen and oxygen atoms in total. The Kier molecular flexibility index (Phi) is 8.65. The Morgan fingerprint density at radius 3 is 2.62 bits per heavy atom. The van der Waals surface area contributed by atoms with Crippen molar-refractivity contribution in [2.75, 3.05) is 6.54 Å². The molecule has 2 aromatic heterocycles. The van der Waals surface area contributed by atoms with Gasteiger partial charge in [-0.3, -0.25) is 14.4 Å². The third-order valence-electron chi connectivity index (χ3n) is 7.11. The van der Waals surface area contributed by atoms with Gasteiger partial charge in [-0.05, 0) is 36.8 Å². The number of imidazole rings is 1. The minimum atomic E-state index is -1.17. The van der Waals surface area contributed by atoms with E-state index in [0.717, 1.165) is 16.5 Å². The summed E-state index contributed by atoms with van der Waals surface area (Å²) in [6.45, 7) is 3.75. The monoisotopic (exact) mass is 537 g/mol. The highest BCUT2D eigenvalue weighted by molar-refractivity contribution is 5.95. The molecule has 12 heteroatoms. The molecule has 39 heavy (non-hydrogen) atoms. The normalized spacial score (nSPS) is 17.6. The Bertz CT molecular complexity index is 1320. The molecule has 4 rings (SSSR count). The maximum Gasteiger partial charge on any atom is 0.326 e. The Hall–Kier alpha value is -4.19. The van der Waals surface area contributed by atoms with Gasteiger partial charge in [-0.15, -0.1) is 0 Å². The molecule has 7 N–H and O–H groups in total. The lowest BCUT2D eigenvalue weighted by atomic mass is 10.0. The van der Waals surface area contributed by atoms with Crippen LogP contribution in [0.25, 0.3) is 10.9 Å². The van der Waals surface area contributed by atoms with Gasteiger partial charge in [-0.2, -0.15) is 0 Å². The maximum absolute atomic E-state index is 13.4. The van der Waals surface area contributed by atoms with Crippen LogP contribution in [0.3, 0.4) is 0 Å². The van der Waals surface area contributed by atoms with Crippen LogP contribution in [-0.4, -0.2) is 79.4 Å². The van der Waals surface area contributed by atoms with Crippen molar-refractivity contribution in [1.82, 2.24) is 30.5 Å². The van der Waals surface area contributed by atoms with Crippen molar-refractivity contribution < 1.29 is 24.3 Å². The smallest absolute Gasteiger partial charge is 0.326 e. The molecule has 1 fully saturated rings. The zero-order valence-electron chi connectivity index (χ0n) is 22.0. The van der Waals surface area contributed by atoms with Crippen molar-refractivity contribution >= 4 is 34.6 Å².